The minimum atomic E-state index is -0.656. The number of hydrogen-bond donors (Lipinski definition) is 1. The van der Waals surface area contributed by atoms with Gasteiger partial charge < -0.3 is 10.0 Å². The molecule has 1 N–H and O–H groups in total. The molecule has 0 bridgehead atoms. The van der Waals surface area contributed by atoms with Crippen molar-refractivity contribution in [2.75, 3.05) is 14.1 Å². The Hall–Kier alpha value is -1.35. The summed E-state index contributed by atoms with van der Waals surface area (Å²) < 4.78 is 0. The van der Waals surface area contributed by atoms with Crippen molar-refractivity contribution in [2.45, 2.75) is 26.3 Å². The van der Waals surface area contributed by atoms with Gasteiger partial charge in [-0.05, 0) is 51.4 Å². The fourth-order valence-corrected chi connectivity index (χ4v) is 2.90. The largest absolute Gasteiger partial charge is 0.481 e. The highest BCUT2D eigenvalue weighted by Gasteiger charge is 2.49. The Morgan fingerprint density at radius 1 is 1.39 bits per heavy atom. The Morgan fingerprint density at radius 2 is 2.06 bits per heavy atom. The predicted octanol–water partition coefficient (Wildman–Crippen LogP) is 2.63. The molecule has 0 aromatic heterocycles. The minimum Gasteiger partial charge on any atom is -0.481 e. The van der Waals surface area contributed by atoms with E-state index < -0.39 is 5.97 Å². The Balaban J connectivity index is 2.29. The average Bonchev–Trinajstić information content (AvgIpc) is 3.01. The molecule has 3 heteroatoms. The molecule has 0 heterocycles. The summed E-state index contributed by atoms with van der Waals surface area (Å²) in [5, 5.41) is 9.10. The summed E-state index contributed by atoms with van der Waals surface area (Å²) in [6.07, 6.45) is 0.797. The zero-order valence-electron chi connectivity index (χ0n) is 11.5. The summed E-state index contributed by atoms with van der Waals surface area (Å²) in [5.74, 6) is -0.575. The first kappa shape index (κ1) is 13.1. The van der Waals surface area contributed by atoms with Crippen molar-refractivity contribution < 1.29 is 9.90 Å². The molecule has 2 rings (SSSR count). The van der Waals surface area contributed by atoms with Crippen molar-refractivity contribution in [3.63, 3.8) is 0 Å². The van der Waals surface area contributed by atoms with Gasteiger partial charge in [-0.25, -0.2) is 0 Å². The molecule has 1 saturated carbocycles. The van der Waals surface area contributed by atoms with Gasteiger partial charge in [0.15, 0.2) is 0 Å². The SMILES string of the molecule is Cc1ccc(C(C2CC2C(=O)O)N(C)C)c(C)c1. The van der Waals surface area contributed by atoms with Gasteiger partial charge in [0.1, 0.15) is 0 Å². The van der Waals surface area contributed by atoms with Gasteiger partial charge in [0.05, 0.1) is 5.92 Å². The van der Waals surface area contributed by atoms with Crippen LogP contribution in [0.2, 0.25) is 0 Å². The van der Waals surface area contributed by atoms with E-state index in [1.807, 2.05) is 14.1 Å². The number of carbonyl (C=O) groups is 1. The number of nitrogens with zero attached hydrogens (tertiary/aromatic N) is 1. The molecule has 3 unspecified atom stereocenters. The van der Waals surface area contributed by atoms with Crippen LogP contribution in [0.1, 0.15) is 29.2 Å². The van der Waals surface area contributed by atoms with Crippen molar-refractivity contribution in [3.05, 3.63) is 34.9 Å². The van der Waals surface area contributed by atoms with Crippen LogP contribution in [0.25, 0.3) is 0 Å². The van der Waals surface area contributed by atoms with E-state index in [1.165, 1.54) is 16.7 Å². The standard InChI is InChI=1S/C15H21NO2/c1-9-5-6-11(10(2)7-9)14(16(3)4)12-8-13(12)15(17)18/h5-7,12-14H,8H2,1-4H3,(H,17,18). The molecule has 0 aliphatic heterocycles. The van der Waals surface area contributed by atoms with E-state index in [4.69, 9.17) is 5.11 Å². The number of rotatable bonds is 4. The fourth-order valence-electron chi connectivity index (χ4n) is 2.90. The van der Waals surface area contributed by atoms with Gasteiger partial charge in [-0.3, -0.25) is 4.79 Å². The lowest BCUT2D eigenvalue weighted by Crippen LogP contribution is -2.24. The lowest BCUT2D eigenvalue weighted by atomic mass is 9.94. The van der Waals surface area contributed by atoms with Crippen molar-refractivity contribution in [1.29, 1.82) is 0 Å². The van der Waals surface area contributed by atoms with Gasteiger partial charge >= 0.3 is 5.97 Å². The first-order valence-corrected chi connectivity index (χ1v) is 6.38. The Kier molecular flexibility index (Phi) is 3.44. The van der Waals surface area contributed by atoms with Crippen LogP contribution in [0.4, 0.5) is 0 Å². The van der Waals surface area contributed by atoms with Crippen molar-refractivity contribution in [1.82, 2.24) is 4.90 Å². The second-order valence-corrected chi connectivity index (χ2v) is 5.61. The van der Waals surface area contributed by atoms with E-state index in [1.54, 1.807) is 0 Å². The molecule has 18 heavy (non-hydrogen) atoms. The fraction of sp³-hybridized carbons (Fsp3) is 0.533. The number of aryl methyl sites for hydroxylation is 2. The molecule has 1 aliphatic rings. The van der Waals surface area contributed by atoms with Gasteiger partial charge in [0.25, 0.3) is 0 Å². The lowest BCUT2D eigenvalue weighted by molar-refractivity contribution is -0.139. The number of carboxylic acids is 1. The van der Waals surface area contributed by atoms with E-state index in [-0.39, 0.29) is 17.9 Å². The third kappa shape index (κ3) is 2.41. The monoisotopic (exact) mass is 247 g/mol. The third-order valence-electron chi connectivity index (χ3n) is 3.86. The summed E-state index contributed by atoms with van der Waals surface area (Å²) in [6.45, 7) is 4.19. The lowest BCUT2D eigenvalue weighted by Gasteiger charge is -2.26. The molecule has 1 fully saturated rings. The molecule has 0 saturated heterocycles. The van der Waals surface area contributed by atoms with Crippen LogP contribution in [-0.2, 0) is 4.79 Å². The number of hydrogen-bond acceptors (Lipinski definition) is 2. The van der Waals surface area contributed by atoms with Crippen LogP contribution < -0.4 is 0 Å². The van der Waals surface area contributed by atoms with E-state index in [0.29, 0.717) is 0 Å². The van der Waals surface area contributed by atoms with Crippen molar-refractivity contribution in [2.24, 2.45) is 11.8 Å². The number of aliphatic carboxylic acids is 1. The molecule has 0 spiro atoms. The Morgan fingerprint density at radius 3 is 2.50 bits per heavy atom. The van der Waals surface area contributed by atoms with Crippen molar-refractivity contribution in [3.8, 4) is 0 Å². The first-order chi connectivity index (χ1) is 8.41. The number of carboxylic acid groups (broad SMARTS) is 1. The Labute approximate surface area is 108 Å². The maximum absolute atomic E-state index is 11.1. The average molecular weight is 247 g/mol. The van der Waals surface area contributed by atoms with E-state index in [0.717, 1.165) is 6.42 Å². The quantitative estimate of drug-likeness (QED) is 0.889. The number of benzene rings is 1. The normalized spacial score (nSPS) is 24.1. The predicted molar refractivity (Wildman–Crippen MR) is 71.6 cm³/mol. The zero-order valence-corrected chi connectivity index (χ0v) is 11.5. The second kappa shape index (κ2) is 4.73. The Bertz CT molecular complexity index is 468. The molecule has 1 aromatic rings. The summed E-state index contributed by atoms with van der Waals surface area (Å²) in [7, 11) is 4.06. The van der Waals surface area contributed by atoms with Crippen LogP contribution in [-0.4, -0.2) is 30.1 Å². The molecule has 98 valence electrons. The summed E-state index contributed by atoms with van der Waals surface area (Å²) >= 11 is 0. The third-order valence-corrected chi connectivity index (χ3v) is 3.86. The van der Waals surface area contributed by atoms with Crippen LogP contribution in [0.5, 0.6) is 0 Å². The minimum absolute atomic E-state index is 0.168. The molecule has 0 amide bonds. The summed E-state index contributed by atoms with van der Waals surface area (Å²) in [4.78, 5) is 13.2. The van der Waals surface area contributed by atoms with Gasteiger partial charge in [-0.2, -0.15) is 0 Å². The van der Waals surface area contributed by atoms with Gasteiger partial charge in [-0.1, -0.05) is 23.8 Å². The molecule has 1 aromatic carbocycles. The maximum Gasteiger partial charge on any atom is 0.306 e. The molecule has 1 aliphatic carbocycles. The van der Waals surface area contributed by atoms with Gasteiger partial charge in [0.2, 0.25) is 0 Å². The highest BCUT2D eigenvalue weighted by atomic mass is 16.4. The van der Waals surface area contributed by atoms with Gasteiger partial charge in [0, 0.05) is 6.04 Å². The van der Waals surface area contributed by atoms with Crippen molar-refractivity contribution >= 4 is 5.97 Å². The zero-order chi connectivity index (χ0) is 13.4. The molecular weight excluding hydrogens is 226 g/mol. The van der Waals surface area contributed by atoms with Crippen LogP contribution in [0, 0.1) is 25.7 Å². The summed E-state index contributed by atoms with van der Waals surface area (Å²) in [6, 6.07) is 6.64. The maximum atomic E-state index is 11.1. The topological polar surface area (TPSA) is 40.5 Å². The van der Waals surface area contributed by atoms with Crippen LogP contribution in [0.15, 0.2) is 18.2 Å². The van der Waals surface area contributed by atoms with E-state index in [2.05, 4.69) is 36.9 Å². The highest BCUT2D eigenvalue weighted by Crippen LogP contribution is 2.50. The smallest absolute Gasteiger partial charge is 0.306 e. The molecular formula is C15H21NO2. The first-order valence-electron chi connectivity index (χ1n) is 6.38. The van der Waals surface area contributed by atoms with E-state index >= 15 is 0 Å². The van der Waals surface area contributed by atoms with E-state index in [9.17, 15) is 4.79 Å². The molecule has 0 radical (unpaired) electrons. The molecule has 3 atom stereocenters. The van der Waals surface area contributed by atoms with Crippen LogP contribution in [0.3, 0.4) is 0 Å². The second-order valence-electron chi connectivity index (χ2n) is 5.61. The highest BCUT2D eigenvalue weighted by molar-refractivity contribution is 5.73. The van der Waals surface area contributed by atoms with Crippen LogP contribution >= 0.6 is 0 Å². The van der Waals surface area contributed by atoms with Gasteiger partial charge in [-0.15, -0.1) is 0 Å². The summed E-state index contributed by atoms with van der Waals surface area (Å²) in [5.41, 5.74) is 3.77. The molecule has 3 nitrogen and oxygen atoms in total.